The quantitative estimate of drug-likeness (QED) is 0.586. The molecular weight excluding hydrogens is 218 g/mol. The van der Waals surface area contributed by atoms with Crippen molar-refractivity contribution in [1.29, 1.82) is 0 Å². The zero-order valence-electron chi connectivity index (χ0n) is 9.32. The van der Waals surface area contributed by atoms with E-state index in [2.05, 4.69) is 17.2 Å². The van der Waals surface area contributed by atoms with Crippen LogP contribution in [0.3, 0.4) is 0 Å². The number of nitro groups is 1. The Morgan fingerprint density at radius 1 is 1.24 bits per heavy atom. The van der Waals surface area contributed by atoms with Crippen molar-refractivity contribution < 1.29 is 4.92 Å². The first-order chi connectivity index (χ1) is 8.25. The molecule has 0 N–H and O–H groups in total. The monoisotopic (exact) mass is 231 g/mol. The van der Waals surface area contributed by atoms with Gasteiger partial charge in [0.2, 0.25) is 0 Å². The summed E-state index contributed by atoms with van der Waals surface area (Å²) in [6.45, 7) is 0.697. The van der Waals surface area contributed by atoms with E-state index in [-0.39, 0.29) is 5.82 Å². The molecule has 5 heteroatoms. The minimum Gasteiger partial charge on any atom is -0.358 e. The zero-order chi connectivity index (χ0) is 12.1. The van der Waals surface area contributed by atoms with E-state index in [9.17, 15) is 10.1 Å². The lowest BCUT2D eigenvalue weighted by Crippen LogP contribution is -2.01. The van der Waals surface area contributed by atoms with Crippen LogP contribution >= 0.6 is 0 Å². The molecule has 0 aliphatic rings. The van der Waals surface area contributed by atoms with Crippen molar-refractivity contribution in [2.24, 2.45) is 0 Å². The van der Waals surface area contributed by atoms with E-state index in [1.807, 2.05) is 18.2 Å². The summed E-state index contributed by atoms with van der Waals surface area (Å²) in [4.78, 5) is 9.96. The van der Waals surface area contributed by atoms with Gasteiger partial charge in [0.1, 0.15) is 0 Å². The second kappa shape index (κ2) is 5.25. The molecule has 0 aliphatic carbocycles. The van der Waals surface area contributed by atoms with Crippen molar-refractivity contribution >= 4 is 5.82 Å². The minimum absolute atomic E-state index is 0.0929. The highest BCUT2D eigenvalue weighted by atomic mass is 16.6. The predicted octanol–water partition coefficient (Wildman–Crippen LogP) is 2.42. The van der Waals surface area contributed by atoms with Gasteiger partial charge in [-0.05, 0) is 23.3 Å². The maximum Gasteiger partial charge on any atom is 0.389 e. The van der Waals surface area contributed by atoms with Crippen LogP contribution in [0, 0.1) is 10.1 Å². The molecule has 2 rings (SSSR count). The van der Waals surface area contributed by atoms with E-state index in [0.29, 0.717) is 6.54 Å². The first kappa shape index (κ1) is 11.3. The Morgan fingerprint density at radius 3 is 2.65 bits per heavy atom. The molecule has 0 radical (unpaired) electrons. The van der Waals surface area contributed by atoms with E-state index in [1.165, 1.54) is 11.6 Å². The first-order valence-corrected chi connectivity index (χ1v) is 5.47. The summed E-state index contributed by atoms with van der Waals surface area (Å²) in [5.74, 6) is -0.0929. The lowest BCUT2D eigenvalue weighted by Gasteiger charge is -1.99. The topological polar surface area (TPSA) is 61.0 Å². The molecule has 0 unspecified atom stereocenters. The van der Waals surface area contributed by atoms with E-state index in [1.54, 1.807) is 10.9 Å². The molecule has 17 heavy (non-hydrogen) atoms. The van der Waals surface area contributed by atoms with Crippen LogP contribution in [0.15, 0.2) is 42.6 Å². The van der Waals surface area contributed by atoms with Crippen molar-refractivity contribution in [1.82, 2.24) is 9.78 Å². The van der Waals surface area contributed by atoms with E-state index < -0.39 is 4.92 Å². The predicted molar refractivity (Wildman–Crippen MR) is 63.6 cm³/mol. The Bertz CT molecular complexity index is 493. The van der Waals surface area contributed by atoms with E-state index in [4.69, 9.17) is 0 Å². The normalized spacial score (nSPS) is 10.4. The highest BCUT2D eigenvalue weighted by molar-refractivity contribution is 5.15. The van der Waals surface area contributed by atoms with Crippen LogP contribution in [-0.2, 0) is 13.0 Å². The third-order valence-electron chi connectivity index (χ3n) is 2.51. The minimum atomic E-state index is -0.478. The highest BCUT2D eigenvalue weighted by Crippen LogP contribution is 2.07. The third-order valence-corrected chi connectivity index (χ3v) is 2.51. The van der Waals surface area contributed by atoms with Crippen LogP contribution in [0.4, 0.5) is 5.82 Å². The molecule has 88 valence electrons. The van der Waals surface area contributed by atoms with E-state index >= 15 is 0 Å². The number of rotatable bonds is 5. The summed E-state index contributed by atoms with van der Waals surface area (Å²) in [5, 5.41) is 14.3. The fraction of sp³-hybridized carbons (Fsp3) is 0.250. The Balaban J connectivity index is 1.84. The van der Waals surface area contributed by atoms with Crippen LogP contribution in [0.1, 0.15) is 12.0 Å². The van der Waals surface area contributed by atoms with Gasteiger partial charge in [-0.15, -0.1) is 0 Å². The van der Waals surface area contributed by atoms with Crippen LogP contribution in [-0.4, -0.2) is 14.7 Å². The summed E-state index contributed by atoms with van der Waals surface area (Å²) < 4.78 is 1.61. The Hall–Kier alpha value is -2.17. The highest BCUT2D eigenvalue weighted by Gasteiger charge is 2.09. The zero-order valence-corrected chi connectivity index (χ0v) is 9.32. The summed E-state index contributed by atoms with van der Waals surface area (Å²) in [6, 6.07) is 11.6. The Morgan fingerprint density at radius 2 is 2.00 bits per heavy atom. The molecule has 0 atom stereocenters. The molecule has 0 bridgehead atoms. The van der Waals surface area contributed by atoms with Gasteiger partial charge in [0.05, 0.1) is 23.9 Å². The Labute approximate surface area is 98.8 Å². The molecule has 0 spiro atoms. The van der Waals surface area contributed by atoms with Gasteiger partial charge in [0.15, 0.2) is 0 Å². The number of hydrogen-bond acceptors (Lipinski definition) is 3. The van der Waals surface area contributed by atoms with Gasteiger partial charge in [-0.2, -0.15) is 4.68 Å². The van der Waals surface area contributed by atoms with E-state index in [0.717, 1.165) is 12.8 Å². The third kappa shape index (κ3) is 3.14. The van der Waals surface area contributed by atoms with Crippen molar-refractivity contribution in [3.63, 3.8) is 0 Å². The maximum atomic E-state index is 10.4. The fourth-order valence-electron chi connectivity index (χ4n) is 1.66. The number of benzene rings is 1. The summed E-state index contributed by atoms with van der Waals surface area (Å²) in [5.41, 5.74) is 1.27. The fourth-order valence-corrected chi connectivity index (χ4v) is 1.66. The van der Waals surface area contributed by atoms with Gasteiger partial charge in [-0.3, -0.25) is 0 Å². The summed E-state index contributed by atoms with van der Waals surface area (Å²) in [7, 11) is 0. The molecular formula is C12H13N3O2. The molecule has 1 aromatic heterocycles. The SMILES string of the molecule is O=[N+]([O-])c1ccn(CCCc2ccccc2)n1. The van der Waals surface area contributed by atoms with Gasteiger partial charge in [0.25, 0.3) is 0 Å². The van der Waals surface area contributed by atoms with Crippen molar-refractivity contribution in [2.75, 3.05) is 0 Å². The summed E-state index contributed by atoms with van der Waals surface area (Å²) in [6.07, 6.45) is 3.51. The lowest BCUT2D eigenvalue weighted by molar-refractivity contribution is -0.389. The maximum absolute atomic E-state index is 10.4. The average molecular weight is 231 g/mol. The molecule has 1 aromatic carbocycles. The molecule has 0 saturated heterocycles. The van der Waals surface area contributed by atoms with Crippen molar-refractivity contribution in [3.05, 3.63) is 58.3 Å². The van der Waals surface area contributed by atoms with Crippen LogP contribution in [0.2, 0.25) is 0 Å². The molecule has 0 fully saturated rings. The molecule has 0 aliphatic heterocycles. The Kier molecular flexibility index (Phi) is 3.49. The summed E-state index contributed by atoms with van der Waals surface area (Å²) >= 11 is 0. The second-order valence-corrected chi connectivity index (χ2v) is 3.78. The molecule has 2 aromatic rings. The second-order valence-electron chi connectivity index (χ2n) is 3.78. The number of hydrogen-bond donors (Lipinski definition) is 0. The van der Waals surface area contributed by atoms with Gasteiger partial charge >= 0.3 is 5.82 Å². The molecule has 1 heterocycles. The molecule has 0 saturated carbocycles. The van der Waals surface area contributed by atoms with Crippen LogP contribution < -0.4 is 0 Å². The van der Waals surface area contributed by atoms with Crippen LogP contribution in [0.5, 0.6) is 0 Å². The van der Waals surface area contributed by atoms with Crippen molar-refractivity contribution in [3.8, 4) is 0 Å². The standard InChI is InChI=1S/C12H13N3O2/c16-15(17)12-8-10-14(13-12)9-4-7-11-5-2-1-3-6-11/h1-3,5-6,8,10H,4,7,9H2. The number of aromatic nitrogens is 2. The van der Waals surface area contributed by atoms with Crippen LogP contribution in [0.25, 0.3) is 0 Å². The molecule has 0 amide bonds. The van der Waals surface area contributed by atoms with Crippen molar-refractivity contribution in [2.45, 2.75) is 19.4 Å². The van der Waals surface area contributed by atoms with Gasteiger partial charge in [-0.1, -0.05) is 30.3 Å². The average Bonchev–Trinajstić information content (AvgIpc) is 2.79. The van der Waals surface area contributed by atoms with Gasteiger partial charge < -0.3 is 10.1 Å². The number of aryl methyl sites for hydroxylation is 2. The van der Waals surface area contributed by atoms with Gasteiger partial charge in [0, 0.05) is 0 Å². The largest absolute Gasteiger partial charge is 0.389 e. The smallest absolute Gasteiger partial charge is 0.358 e. The lowest BCUT2D eigenvalue weighted by atomic mass is 10.1. The number of nitrogens with zero attached hydrogens (tertiary/aromatic N) is 3. The molecule has 5 nitrogen and oxygen atoms in total. The van der Waals surface area contributed by atoms with Gasteiger partial charge in [-0.25, -0.2) is 0 Å². The first-order valence-electron chi connectivity index (χ1n) is 5.47.